The Kier molecular flexibility index (Phi) is 14.7. The van der Waals surface area contributed by atoms with Crippen molar-refractivity contribution in [2.75, 3.05) is 41.7 Å². The number of rotatable bonds is 16. The van der Waals surface area contributed by atoms with Gasteiger partial charge in [-0.2, -0.15) is 0 Å². The lowest BCUT2D eigenvalue weighted by Gasteiger charge is -2.18. The van der Waals surface area contributed by atoms with Crippen molar-refractivity contribution in [1.29, 1.82) is 0 Å². The van der Waals surface area contributed by atoms with Crippen molar-refractivity contribution in [3.05, 3.63) is 128 Å². The van der Waals surface area contributed by atoms with Crippen LogP contribution in [0, 0.1) is 13.8 Å². The molecule has 10 nitrogen and oxygen atoms in total. The molecule has 0 saturated carbocycles. The van der Waals surface area contributed by atoms with Crippen LogP contribution < -0.4 is 33.8 Å². The summed E-state index contributed by atoms with van der Waals surface area (Å²) in [5, 5.41) is 9.44. The van der Waals surface area contributed by atoms with Gasteiger partial charge >= 0.3 is 0 Å². The molecule has 5 aromatic rings. The maximum absolute atomic E-state index is 12.3. The topological polar surface area (TPSA) is 121 Å². The zero-order valence-corrected chi connectivity index (χ0v) is 30.6. The summed E-state index contributed by atoms with van der Waals surface area (Å²) in [4.78, 5) is 20.0. The van der Waals surface area contributed by atoms with Gasteiger partial charge in [-0.3, -0.25) is 4.79 Å². The van der Waals surface area contributed by atoms with Gasteiger partial charge in [-0.15, -0.1) is 0 Å². The van der Waals surface area contributed by atoms with Crippen LogP contribution in [0.25, 0.3) is 0 Å². The van der Waals surface area contributed by atoms with Crippen molar-refractivity contribution in [2.24, 2.45) is 0 Å². The standard InChI is InChI=1S/C23H25NO4.C18H22FNO4/c1-16-20(14-11-17-9-12-19(25)13-10-17)24-23(27-3)22(26-2)21(16)28-15-18-7-5-4-6-8-18;1-12-15(20-18(23-3)17(22-2)16(12)21)9-6-13-4-7-14(8-5-13)24-11-10-19/h4-10,12-13,25H,11,14-15H2,1-3H3;4-5,7-8H,6,9-11H2,1-3H3,(H,20,21)/i;19-1. The van der Waals surface area contributed by atoms with Crippen molar-refractivity contribution in [3.8, 4) is 40.5 Å². The number of halogens is 1. The molecule has 0 unspecified atom stereocenters. The van der Waals surface area contributed by atoms with Gasteiger partial charge in [-0.25, -0.2) is 9.37 Å². The normalized spacial score (nSPS) is 10.5. The van der Waals surface area contributed by atoms with Crippen molar-refractivity contribution in [3.63, 3.8) is 0 Å². The molecule has 0 spiro atoms. The van der Waals surface area contributed by atoms with Gasteiger partial charge in [0, 0.05) is 16.8 Å². The molecule has 0 atom stereocenters. The van der Waals surface area contributed by atoms with Gasteiger partial charge in [0.2, 0.25) is 22.8 Å². The van der Waals surface area contributed by atoms with Crippen molar-refractivity contribution < 1.29 is 37.9 Å². The van der Waals surface area contributed by atoms with E-state index in [1.54, 1.807) is 33.3 Å². The lowest BCUT2D eigenvalue weighted by molar-refractivity contribution is 0.269. The second-order valence-corrected chi connectivity index (χ2v) is 11.8. The summed E-state index contributed by atoms with van der Waals surface area (Å²) in [5.74, 6) is 3.00. The highest BCUT2D eigenvalue weighted by Crippen LogP contribution is 2.40. The Balaban J connectivity index is 0.000000236. The summed E-state index contributed by atoms with van der Waals surface area (Å²) in [6.07, 6.45) is 2.92. The Labute approximate surface area is 304 Å². The van der Waals surface area contributed by atoms with Crippen LogP contribution in [0.1, 0.15) is 39.2 Å². The van der Waals surface area contributed by atoms with E-state index in [1.807, 2.05) is 73.7 Å². The smallest absolute Gasteiger partial charge is 0.261 e. The molecule has 0 radical (unpaired) electrons. The average Bonchev–Trinajstić information content (AvgIpc) is 3.18. The van der Waals surface area contributed by atoms with Crippen molar-refractivity contribution >= 4 is 0 Å². The Morgan fingerprint density at radius 3 is 1.90 bits per heavy atom. The highest BCUT2D eigenvalue weighted by atomic mass is 18.2. The fraction of sp³-hybridized carbons (Fsp3) is 0.317. The molecule has 11 heteroatoms. The van der Waals surface area contributed by atoms with E-state index in [0.717, 1.165) is 52.9 Å². The molecule has 0 amide bonds. The van der Waals surface area contributed by atoms with Gasteiger partial charge in [0.05, 0.1) is 34.1 Å². The first kappa shape index (κ1) is 39.1. The minimum Gasteiger partial charge on any atom is -0.508 e. The van der Waals surface area contributed by atoms with E-state index in [4.69, 9.17) is 28.4 Å². The van der Waals surface area contributed by atoms with Crippen molar-refractivity contribution in [2.45, 2.75) is 46.1 Å². The van der Waals surface area contributed by atoms with Gasteiger partial charge in [-0.1, -0.05) is 54.6 Å². The van der Waals surface area contributed by atoms with E-state index in [9.17, 15) is 14.3 Å². The third kappa shape index (κ3) is 10.4. The number of benzene rings is 3. The Morgan fingerprint density at radius 2 is 1.31 bits per heavy atom. The van der Waals surface area contributed by atoms with E-state index < -0.39 is 6.67 Å². The van der Waals surface area contributed by atoms with Gasteiger partial charge < -0.3 is 38.5 Å². The fourth-order valence-electron chi connectivity index (χ4n) is 5.50. The molecule has 0 aliphatic rings. The van der Waals surface area contributed by atoms with E-state index in [1.165, 1.54) is 14.2 Å². The lowest BCUT2D eigenvalue weighted by Crippen LogP contribution is -2.15. The molecule has 2 aromatic heterocycles. The molecular formula is C41H47FN2O8. The summed E-state index contributed by atoms with van der Waals surface area (Å²) in [5.41, 5.74) is 6.40. The fourth-order valence-corrected chi connectivity index (χ4v) is 5.50. The Bertz CT molecular complexity index is 1910. The average molecular weight is 714 g/mol. The first-order chi connectivity index (χ1) is 25.2. The largest absolute Gasteiger partial charge is 0.508 e. The second kappa shape index (κ2) is 19.6. The van der Waals surface area contributed by atoms with Gasteiger partial charge in [0.1, 0.15) is 31.4 Å². The molecule has 0 fully saturated rings. The lowest BCUT2D eigenvalue weighted by atomic mass is 10.0. The Hall–Kier alpha value is -5.71. The maximum Gasteiger partial charge on any atom is 0.261 e. The van der Waals surface area contributed by atoms with E-state index in [2.05, 4.69) is 9.97 Å². The molecule has 2 heterocycles. The molecule has 5 rings (SSSR count). The summed E-state index contributed by atoms with van der Waals surface area (Å²) in [6, 6.07) is 24.7. The number of hydrogen-bond donors (Lipinski definition) is 2. The molecule has 3 aromatic carbocycles. The van der Waals surface area contributed by atoms with Crippen LogP contribution in [-0.2, 0) is 32.3 Å². The van der Waals surface area contributed by atoms with Crippen LogP contribution in [0.15, 0.2) is 83.7 Å². The zero-order chi connectivity index (χ0) is 37.5. The monoisotopic (exact) mass is 713 g/mol. The number of alkyl halides is 1. The van der Waals surface area contributed by atoms with Gasteiger partial charge in [0.25, 0.3) is 5.88 Å². The van der Waals surface area contributed by atoms with Crippen LogP contribution >= 0.6 is 0 Å². The third-order valence-corrected chi connectivity index (χ3v) is 8.43. The number of aromatic hydroxyl groups is 1. The number of methoxy groups -OCH3 is 4. The molecule has 0 aliphatic carbocycles. The molecule has 276 valence electrons. The summed E-state index contributed by atoms with van der Waals surface area (Å²) in [7, 11) is 6.09. The number of nitrogens with one attached hydrogen (secondary N) is 1. The molecule has 0 bridgehead atoms. The van der Waals surface area contributed by atoms with Gasteiger partial charge in [0.15, 0.2) is 5.75 Å². The predicted molar refractivity (Wildman–Crippen MR) is 199 cm³/mol. The number of H-pyrrole nitrogens is 1. The first-order valence-electron chi connectivity index (χ1n) is 16.9. The highest BCUT2D eigenvalue weighted by Gasteiger charge is 2.21. The Morgan fingerprint density at radius 1 is 0.673 bits per heavy atom. The number of phenolic OH excluding ortho intramolecular Hbond substituents is 1. The second-order valence-electron chi connectivity index (χ2n) is 11.8. The number of ether oxygens (including phenoxy) is 6. The SMILES string of the molecule is COc1[nH]c(CCc2ccc(OCC[18F])cc2)c(C)c(=O)c1OC.COc1nc(CCc2ccc(O)cc2)c(C)c(OCc2ccccc2)c1OC. The van der Waals surface area contributed by atoms with E-state index in [-0.39, 0.29) is 23.5 Å². The van der Waals surface area contributed by atoms with Crippen LogP contribution in [0.4, 0.5) is 4.39 Å². The van der Waals surface area contributed by atoms with Crippen LogP contribution in [0.2, 0.25) is 0 Å². The minimum atomic E-state index is -0.506. The molecule has 2 N–H and O–H groups in total. The molecule has 52 heavy (non-hydrogen) atoms. The minimum absolute atomic E-state index is 0.0609. The quantitative estimate of drug-likeness (QED) is 0.108. The number of phenols is 1. The number of aromatic amines is 1. The highest BCUT2D eigenvalue weighted by molar-refractivity contribution is 5.54. The number of pyridine rings is 2. The van der Waals surface area contributed by atoms with Crippen molar-refractivity contribution in [1.82, 2.24) is 9.97 Å². The molecule has 0 saturated heterocycles. The summed E-state index contributed by atoms with van der Waals surface area (Å²) >= 11 is 0. The molecule has 0 aliphatic heterocycles. The zero-order valence-electron chi connectivity index (χ0n) is 30.6. The van der Waals surface area contributed by atoms with Crippen LogP contribution in [0.5, 0.6) is 40.5 Å². The summed E-state index contributed by atoms with van der Waals surface area (Å²) < 4.78 is 44.7. The summed E-state index contributed by atoms with van der Waals surface area (Å²) in [6.45, 7) is 3.74. The van der Waals surface area contributed by atoms with Crippen LogP contribution in [-0.4, -0.2) is 56.8 Å². The maximum atomic E-state index is 12.3. The number of nitrogens with zero attached hydrogens (tertiary/aromatic N) is 1. The number of aromatic nitrogens is 2. The van der Waals surface area contributed by atoms with Gasteiger partial charge in [-0.05, 0) is 80.5 Å². The van der Waals surface area contributed by atoms with Crippen LogP contribution in [0.3, 0.4) is 0 Å². The number of aryl methyl sites for hydroxylation is 4. The van der Waals surface area contributed by atoms with E-state index in [0.29, 0.717) is 47.6 Å². The van der Waals surface area contributed by atoms with E-state index >= 15 is 0 Å². The molecular weight excluding hydrogens is 666 g/mol. The first-order valence-corrected chi connectivity index (χ1v) is 16.9. The predicted octanol–water partition coefficient (Wildman–Crippen LogP) is 7.31. The third-order valence-electron chi connectivity index (χ3n) is 8.43. The number of hydrogen-bond acceptors (Lipinski definition) is 9.